The van der Waals surface area contributed by atoms with Crippen LogP contribution in [0.3, 0.4) is 0 Å². The number of carbonyl (C=O) groups excluding carboxylic acids is 2. The molecule has 8 rings (SSSR count). The van der Waals surface area contributed by atoms with E-state index in [1.54, 1.807) is 24.3 Å². The first-order valence-electron chi connectivity index (χ1n) is 20.6. The normalized spacial score (nSPS) is 19.8. The molecule has 5 aromatic rings. The van der Waals surface area contributed by atoms with Gasteiger partial charge in [-0.1, -0.05) is 44.4 Å². The number of methoxy groups -OCH3 is 1. The number of piperidine rings is 1. The number of ether oxygens (including phenoxy) is 3. The van der Waals surface area contributed by atoms with E-state index in [9.17, 15) is 23.5 Å². The molecule has 3 aliphatic rings. The molecule has 5 heterocycles. The summed E-state index contributed by atoms with van der Waals surface area (Å²) in [4.78, 5) is 42.2. The van der Waals surface area contributed by atoms with Gasteiger partial charge in [-0.2, -0.15) is 9.97 Å². The zero-order chi connectivity index (χ0) is 43.2. The third-order valence-electron chi connectivity index (χ3n) is 11.3. The van der Waals surface area contributed by atoms with Gasteiger partial charge in [0.15, 0.2) is 5.82 Å². The van der Waals surface area contributed by atoms with Crippen molar-refractivity contribution in [1.82, 2.24) is 25.2 Å². The summed E-state index contributed by atoms with van der Waals surface area (Å²) in [6.07, 6.45) is 11.9. The number of aromatic nitrogens is 3. The summed E-state index contributed by atoms with van der Waals surface area (Å²) in [5.41, 5.74) is 0.421. The molecule has 0 bridgehead atoms. The Hall–Kier alpha value is -6.14. The van der Waals surface area contributed by atoms with E-state index in [2.05, 4.69) is 31.1 Å². The number of phenols is 1. The van der Waals surface area contributed by atoms with Crippen molar-refractivity contribution in [3.8, 4) is 41.1 Å². The number of alkyl carbamates (subject to hydrolysis) is 1. The molecule has 3 unspecified atom stereocenters. The minimum Gasteiger partial charge on any atom is -0.508 e. The molecule has 0 radical (unpaired) electrons. The number of hydrogen-bond acceptors (Lipinski definition) is 11. The third-order valence-corrected chi connectivity index (χ3v) is 11.3. The van der Waals surface area contributed by atoms with Gasteiger partial charge >= 0.3 is 18.1 Å². The molecule has 320 valence electrons. The molecule has 61 heavy (non-hydrogen) atoms. The molecule has 3 saturated heterocycles. The summed E-state index contributed by atoms with van der Waals surface area (Å²) in [6.45, 7) is 6.74. The van der Waals surface area contributed by atoms with E-state index in [4.69, 9.17) is 20.6 Å². The van der Waals surface area contributed by atoms with E-state index < -0.39 is 23.9 Å². The van der Waals surface area contributed by atoms with Crippen molar-refractivity contribution >= 4 is 39.6 Å². The average molecular weight is 839 g/mol. The molecule has 15 heteroatoms. The van der Waals surface area contributed by atoms with Crippen molar-refractivity contribution in [2.75, 3.05) is 38.2 Å². The maximum absolute atomic E-state index is 16.5. The Bertz CT molecular complexity index is 2430. The largest absolute Gasteiger partial charge is 0.508 e. The maximum atomic E-state index is 16.5. The van der Waals surface area contributed by atoms with Crippen molar-refractivity contribution in [1.29, 1.82) is 0 Å². The van der Waals surface area contributed by atoms with E-state index in [0.29, 0.717) is 55.5 Å². The van der Waals surface area contributed by atoms with Crippen LogP contribution in [-0.4, -0.2) is 88.6 Å². The van der Waals surface area contributed by atoms with E-state index in [0.717, 1.165) is 31.4 Å². The van der Waals surface area contributed by atoms with Crippen LogP contribution in [0.2, 0.25) is 0 Å². The summed E-state index contributed by atoms with van der Waals surface area (Å²) >= 11 is 0. The summed E-state index contributed by atoms with van der Waals surface area (Å²) in [5, 5.41) is 14.3. The number of fused-ring (bicyclic) bond motifs is 3. The summed E-state index contributed by atoms with van der Waals surface area (Å²) in [6, 6.07) is 12.2. The molecule has 12 nitrogen and oxygen atoms in total. The molecule has 2 N–H and O–H groups in total. The van der Waals surface area contributed by atoms with Crippen molar-refractivity contribution < 1.29 is 42.1 Å². The number of amides is 1. The van der Waals surface area contributed by atoms with Crippen molar-refractivity contribution in [2.24, 2.45) is 5.92 Å². The number of halogens is 3. The van der Waals surface area contributed by atoms with Gasteiger partial charge in [-0.15, -0.1) is 6.42 Å². The smallest absolute Gasteiger partial charge is 0.407 e. The van der Waals surface area contributed by atoms with Gasteiger partial charge < -0.3 is 29.5 Å². The number of nitrogens with zero attached hydrogens (tertiary/aromatic N) is 5. The Kier molecular flexibility index (Phi) is 13.4. The molecular formula is C46H49F3N6O6. The zero-order valence-electron chi connectivity index (χ0n) is 34.4. The lowest BCUT2D eigenvalue weighted by molar-refractivity contribution is -0.134. The number of pyridine rings is 1. The van der Waals surface area contributed by atoms with Crippen molar-refractivity contribution in [2.45, 2.75) is 83.7 Å². The standard InChI is InChI=1S/C39H37F2N5O6.C7H12FN/c1-5-7-8-32(48)52-27-12-9-23(10-13-27)21-51-39(49)43-25-15-22(3)19-46(20-25)37-30-18-42-35(34(41)36(30)44-38(45-37)50-4)29-17-26(47)16-24-11-14-31(40)28(6-2)33(24)29;8-6-4-7-2-1-3-9(7)5-6/h2,9-14,16-18,22,25,47H,5,7-8,15,19-21H2,1,3-4H3,(H,43,49);6-7H,1-5H2/t;6-,7?/m.1/s1. The molecule has 3 aliphatic heterocycles. The number of anilines is 1. The van der Waals surface area contributed by atoms with E-state index in [1.165, 1.54) is 50.4 Å². The predicted molar refractivity (Wildman–Crippen MR) is 225 cm³/mol. The number of hydrogen-bond donors (Lipinski definition) is 2. The van der Waals surface area contributed by atoms with Crippen LogP contribution in [0.5, 0.6) is 17.5 Å². The van der Waals surface area contributed by atoms with Gasteiger partial charge in [-0.3, -0.25) is 14.7 Å². The fraction of sp³-hybridized carbons (Fsp3) is 0.413. The summed E-state index contributed by atoms with van der Waals surface area (Å²) < 4.78 is 60.1. The highest BCUT2D eigenvalue weighted by atomic mass is 19.1. The Morgan fingerprint density at radius 1 is 1.07 bits per heavy atom. The molecule has 1 amide bonds. The highest BCUT2D eigenvalue weighted by molar-refractivity contribution is 6.03. The minimum absolute atomic E-state index is 0.00681. The van der Waals surface area contributed by atoms with Gasteiger partial charge in [0, 0.05) is 49.2 Å². The molecule has 3 aromatic carbocycles. The minimum atomic E-state index is -0.843. The van der Waals surface area contributed by atoms with E-state index in [-0.39, 0.29) is 69.4 Å². The van der Waals surface area contributed by atoms with Gasteiger partial charge in [0.2, 0.25) is 0 Å². The Balaban J connectivity index is 0.000000547. The van der Waals surface area contributed by atoms with E-state index in [1.807, 2.05) is 18.7 Å². The fourth-order valence-electron chi connectivity index (χ4n) is 8.46. The highest BCUT2D eigenvalue weighted by Crippen LogP contribution is 2.39. The Morgan fingerprint density at radius 3 is 2.61 bits per heavy atom. The number of unbranched alkanes of at least 4 members (excludes halogenated alkanes) is 1. The number of aromatic hydroxyl groups is 1. The van der Waals surface area contributed by atoms with Crippen molar-refractivity contribution in [3.63, 3.8) is 0 Å². The molecule has 4 atom stereocenters. The number of terminal acetylenes is 1. The SMILES string of the molecule is C#Cc1c(F)ccc2cc(O)cc(-c3ncc4c(N5CC(C)CC(NC(=O)OCc6ccc(OC(=O)CCCC)cc6)C5)nc(OC)nc4c3F)c12.F[C@@H]1CC2CCCN2C1. The number of nitrogens with one attached hydrogen (secondary N) is 1. The second-order valence-corrected chi connectivity index (χ2v) is 15.9. The van der Waals surface area contributed by atoms with Crippen molar-refractivity contribution in [3.05, 3.63) is 77.5 Å². The molecular weight excluding hydrogens is 790 g/mol. The number of alkyl halides is 1. The molecule has 0 spiro atoms. The first kappa shape index (κ1) is 43.0. The van der Waals surface area contributed by atoms with Crippen LogP contribution in [-0.2, 0) is 16.1 Å². The summed E-state index contributed by atoms with van der Waals surface area (Å²) in [5.74, 6) is 1.21. The number of carbonyl (C=O) groups is 2. The molecule has 2 aromatic heterocycles. The molecule has 0 aliphatic carbocycles. The van der Waals surface area contributed by atoms with Gasteiger partial charge in [0.05, 0.1) is 24.1 Å². The summed E-state index contributed by atoms with van der Waals surface area (Å²) in [7, 11) is 1.36. The van der Waals surface area contributed by atoms with Gasteiger partial charge in [0.1, 0.15) is 47.1 Å². The second kappa shape index (κ2) is 19.1. The lowest BCUT2D eigenvalue weighted by Gasteiger charge is -2.37. The number of benzene rings is 3. The van der Waals surface area contributed by atoms with Gasteiger partial charge in [-0.25, -0.2) is 18.0 Å². The van der Waals surface area contributed by atoms with Crippen LogP contribution in [0, 0.1) is 29.9 Å². The van der Waals surface area contributed by atoms with Gasteiger partial charge in [0.25, 0.3) is 0 Å². The van der Waals surface area contributed by atoms with Crippen LogP contribution in [0.1, 0.15) is 69.9 Å². The predicted octanol–water partition coefficient (Wildman–Crippen LogP) is 8.25. The average Bonchev–Trinajstić information content (AvgIpc) is 3.83. The number of esters is 1. The highest BCUT2D eigenvalue weighted by Gasteiger charge is 2.35. The first-order chi connectivity index (χ1) is 29.4. The maximum Gasteiger partial charge on any atom is 0.407 e. The fourth-order valence-corrected chi connectivity index (χ4v) is 8.46. The van der Waals surface area contributed by atoms with E-state index >= 15 is 4.39 Å². The Labute approximate surface area is 352 Å². The van der Waals surface area contributed by atoms with Crippen LogP contribution in [0.25, 0.3) is 32.9 Å². The monoisotopic (exact) mass is 838 g/mol. The topological polar surface area (TPSA) is 139 Å². The number of phenolic OH excluding ortho intramolecular Hbond substituents is 1. The first-order valence-corrected chi connectivity index (χ1v) is 20.6. The molecule has 0 saturated carbocycles. The lowest BCUT2D eigenvalue weighted by Crippen LogP contribution is -2.50. The van der Waals surface area contributed by atoms with Crippen LogP contribution in [0.15, 0.2) is 54.7 Å². The van der Waals surface area contributed by atoms with Crippen LogP contribution < -0.4 is 19.7 Å². The Morgan fingerprint density at radius 2 is 1.87 bits per heavy atom. The van der Waals surface area contributed by atoms with Gasteiger partial charge in [-0.05, 0) is 85.8 Å². The molecule has 3 fully saturated rings. The quantitative estimate of drug-likeness (QED) is 0.0799. The third kappa shape index (κ3) is 9.92. The van der Waals surface area contributed by atoms with Crippen LogP contribution in [0.4, 0.5) is 23.8 Å². The van der Waals surface area contributed by atoms with Crippen LogP contribution >= 0.6 is 0 Å². The number of rotatable bonds is 10. The second-order valence-electron chi connectivity index (χ2n) is 15.9. The zero-order valence-corrected chi connectivity index (χ0v) is 34.4. The lowest BCUT2D eigenvalue weighted by atomic mass is 9.95.